The number of benzene rings is 3. The number of alkyl halides is 6. The van der Waals surface area contributed by atoms with E-state index in [9.17, 15) is 49.1 Å². The Morgan fingerprint density at radius 2 is 1.58 bits per heavy atom. The molecule has 3 aromatic rings. The number of anilines is 1. The summed E-state index contributed by atoms with van der Waals surface area (Å²) in [6.07, 6.45) is -3.42. The van der Waals surface area contributed by atoms with Crippen molar-refractivity contribution in [2.24, 2.45) is 0 Å². The minimum atomic E-state index is -6.05. The summed E-state index contributed by atoms with van der Waals surface area (Å²) in [5.74, 6) is -0.0588. The molecule has 4 rings (SSSR count). The van der Waals surface area contributed by atoms with Crippen LogP contribution in [-0.2, 0) is 33.3 Å². The molecule has 0 aromatic heterocycles. The zero-order valence-electron chi connectivity index (χ0n) is 25.6. The lowest BCUT2D eigenvalue weighted by atomic mass is 9.89. The molecule has 0 saturated carbocycles. The maximum atomic E-state index is 13.1. The molecule has 48 heavy (non-hydrogen) atoms. The van der Waals surface area contributed by atoms with Crippen LogP contribution in [0.15, 0.2) is 71.6 Å². The highest BCUT2D eigenvalue weighted by Gasteiger charge is 2.71. The predicted octanol–water partition coefficient (Wildman–Crippen LogP) is 5.26. The van der Waals surface area contributed by atoms with Crippen molar-refractivity contribution in [2.75, 3.05) is 24.6 Å². The number of methoxy groups -OCH3 is 1. The molecule has 0 radical (unpaired) electrons. The number of amides is 1. The van der Waals surface area contributed by atoms with E-state index in [4.69, 9.17) is 9.84 Å². The first-order valence-corrected chi connectivity index (χ1v) is 15.4. The Morgan fingerprint density at radius 1 is 1.00 bits per heavy atom. The van der Waals surface area contributed by atoms with Gasteiger partial charge in [-0.2, -0.15) is 26.3 Å². The number of fused-ring (bicyclic) bond motifs is 1. The molecule has 0 saturated heterocycles. The Bertz CT molecular complexity index is 1650. The van der Waals surface area contributed by atoms with E-state index in [2.05, 4.69) is 18.2 Å². The van der Waals surface area contributed by atoms with Gasteiger partial charge in [0.15, 0.2) is 0 Å². The Balaban J connectivity index is 0.000000376. The summed E-state index contributed by atoms with van der Waals surface area (Å²) in [6.45, 7) is 1.28. The van der Waals surface area contributed by atoms with Gasteiger partial charge in [-0.1, -0.05) is 30.3 Å². The molecule has 0 aliphatic carbocycles. The molecule has 3 aromatic carbocycles. The summed E-state index contributed by atoms with van der Waals surface area (Å²) in [4.78, 5) is 10.6. The second-order valence-electron chi connectivity index (χ2n) is 10.3. The molecular weight excluding hydrogens is 673 g/mol. The summed E-state index contributed by atoms with van der Waals surface area (Å²) in [5.41, 5.74) is -5.80. The van der Waals surface area contributed by atoms with Crippen molar-refractivity contribution < 1.29 is 58.9 Å². The number of hydrogen-bond acceptors (Lipinski definition) is 6. The standard InChI is InChI=1S/C18H14F7NO3S.C12H17NO3.C2H2/c19-13-4-6-14(7-5-13)30(28,29)26-9-1-2-11-10-12(3-8-15(11)26)16(27,17(20,21)22)18(23,24)25;1-9(15)13-11(8-14)7-10-5-3-4-6-12(10)16-2;1-2/h3-8,10,27H,1-2,9H2;3-6,11,14H,7-8H2,1-2H3,(H,13,15);1-2H/t;11-;/m.0./s1. The molecule has 0 spiro atoms. The van der Waals surface area contributed by atoms with Gasteiger partial charge in [0.1, 0.15) is 11.6 Å². The summed E-state index contributed by atoms with van der Waals surface area (Å²) in [7, 11) is -2.64. The van der Waals surface area contributed by atoms with Crippen LogP contribution < -0.4 is 14.4 Å². The first-order chi connectivity index (χ1) is 22.4. The van der Waals surface area contributed by atoms with Gasteiger partial charge in [-0.05, 0) is 66.8 Å². The van der Waals surface area contributed by atoms with Crippen LogP contribution in [0.25, 0.3) is 0 Å². The van der Waals surface area contributed by atoms with Gasteiger partial charge >= 0.3 is 12.4 Å². The number of aliphatic hydroxyl groups excluding tert-OH is 1. The van der Waals surface area contributed by atoms with E-state index in [1.807, 2.05) is 24.3 Å². The average molecular weight is 707 g/mol. The van der Waals surface area contributed by atoms with Gasteiger partial charge in [0.05, 0.1) is 30.3 Å². The van der Waals surface area contributed by atoms with Crippen molar-refractivity contribution in [3.8, 4) is 18.6 Å². The van der Waals surface area contributed by atoms with Crippen LogP contribution in [0.4, 0.5) is 36.4 Å². The molecule has 3 N–H and O–H groups in total. The highest BCUT2D eigenvalue weighted by molar-refractivity contribution is 7.92. The van der Waals surface area contributed by atoms with Crippen LogP contribution in [0.5, 0.6) is 5.75 Å². The Kier molecular flexibility index (Phi) is 13.4. The molecule has 0 unspecified atom stereocenters. The highest BCUT2D eigenvalue weighted by Crippen LogP contribution is 2.51. The minimum absolute atomic E-state index is 0.00437. The molecule has 1 amide bonds. The van der Waals surface area contributed by atoms with Crippen molar-refractivity contribution in [1.82, 2.24) is 5.32 Å². The predicted molar refractivity (Wildman–Crippen MR) is 163 cm³/mol. The highest BCUT2D eigenvalue weighted by atomic mass is 32.2. The maximum absolute atomic E-state index is 13.1. The summed E-state index contributed by atoms with van der Waals surface area (Å²) in [5, 5.41) is 21.4. The fourth-order valence-corrected chi connectivity index (χ4v) is 6.39. The topological polar surface area (TPSA) is 116 Å². The number of para-hydroxylation sites is 1. The fraction of sp³-hybridized carbons (Fsp3) is 0.344. The molecule has 1 atom stereocenters. The van der Waals surface area contributed by atoms with E-state index in [0.29, 0.717) is 18.6 Å². The Morgan fingerprint density at radius 3 is 2.10 bits per heavy atom. The van der Waals surface area contributed by atoms with Crippen LogP contribution in [0.1, 0.15) is 30.0 Å². The number of carbonyl (C=O) groups is 1. The normalized spacial score (nSPS) is 13.9. The van der Waals surface area contributed by atoms with E-state index in [-0.39, 0.29) is 54.1 Å². The zero-order valence-corrected chi connectivity index (χ0v) is 26.5. The lowest BCUT2D eigenvalue weighted by Gasteiger charge is -2.35. The number of terminal acetylenes is 1. The van der Waals surface area contributed by atoms with Crippen molar-refractivity contribution in [3.05, 3.63) is 89.2 Å². The SMILES string of the molecule is C#C.COc1ccccc1C[C@@H](CO)NC(C)=O.O=S(=O)(c1ccc(F)cc1)N1CCCc2cc(C(O)(C(F)(F)F)C(F)(F)F)ccc21. The first-order valence-electron chi connectivity index (χ1n) is 14.0. The number of rotatable bonds is 8. The van der Waals surface area contributed by atoms with Gasteiger partial charge in [0.25, 0.3) is 15.6 Å². The van der Waals surface area contributed by atoms with Crippen molar-refractivity contribution in [2.45, 2.75) is 55.1 Å². The maximum Gasteiger partial charge on any atom is 0.430 e. The molecule has 262 valence electrons. The van der Waals surface area contributed by atoms with E-state index in [1.54, 1.807) is 7.11 Å². The van der Waals surface area contributed by atoms with Crippen molar-refractivity contribution >= 4 is 21.6 Å². The van der Waals surface area contributed by atoms with E-state index in [0.717, 1.165) is 46.0 Å². The van der Waals surface area contributed by atoms with Crippen LogP contribution in [0.2, 0.25) is 0 Å². The largest absolute Gasteiger partial charge is 0.496 e. The molecule has 1 heterocycles. The van der Waals surface area contributed by atoms with Gasteiger partial charge in [0, 0.05) is 19.0 Å². The smallest absolute Gasteiger partial charge is 0.430 e. The number of aryl methyl sites for hydroxylation is 1. The lowest BCUT2D eigenvalue weighted by molar-refractivity contribution is -0.376. The van der Waals surface area contributed by atoms with Crippen LogP contribution in [0.3, 0.4) is 0 Å². The Labute approximate surface area is 273 Å². The third-order valence-corrected chi connectivity index (χ3v) is 8.91. The number of ether oxygens (including phenoxy) is 1. The van der Waals surface area contributed by atoms with E-state index < -0.39 is 39.4 Å². The van der Waals surface area contributed by atoms with Crippen LogP contribution in [-0.4, -0.2) is 63.2 Å². The molecule has 1 aliphatic heterocycles. The summed E-state index contributed by atoms with van der Waals surface area (Å²) < 4.78 is 124. The summed E-state index contributed by atoms with van der Waals surface area (Å²) >= 11 is 0. The fourth-order valence-electron chi connectivity index (χ4n) is 4.84. The number of aliphatic hydroxyl groups is 2. The number of carbonyl (C=O) groups excluding carboxylic acids is 1. The molecule has 8 nitrogen and oxygen atoms in total. The van der Waals surface area contributed by atoms with Crippen LogP contribution >= 0.6 is 0 Å². The number of halogens is 7. The number of nitrogens with zero attached hydrogens (tertiary/aromatic N) is 1. The third kappa shape index (κ3) is 8.97. The quantitative estimate of drug-likeness (QED) is 0.218. The summed E-state index contributed by atoms with van der Waals surface area (Å²) in [6, 6.07) is 12.8. The van der Waals surface area contributed by atoms with Gasteiger partial charge in [0.2, 0.25) is 5.91 Å². The van der Waals surface area contributed by atoms with Crippen molar-refractivity contribution in [3.63, 3.8) is 0 Å². The van der Waals surface area contributed by atoms with Gasteiger partial charge < -0.3 is 20.3 Å². The van der Waals surface area contributed by atoms with Crippen molar-refractivity contribution in [1.29, 1.82) is 0 Å². The number of hydrogen-bond donors (Lipinski definition) is 3. The second-order valence-corrected chi connectivity index (χ2v) is 12.1. The second kappa shape index (κ2) is 16.2. The molecule has 0 bridgehead atoms. The molecule has 0 fully saturated rings. The zero-order chi connectivity index (χ0) is 36.5. The Hall–Kier alpha value is -4.33. The van der Waals surface area contributed by atoms with Gasteiger partial charge in [-0.25, -0.2) is 12.8 Å². The van der Waals surface area contributed by atoms with Gasteiger partial charge in [-0.3, -0.25) is 9.10 Å². The van der Waals surface area contributed by atoms with E-state index >= 15 is 0 Å². The van der Waals surface area contributed by atoms with Crippen LogP contribution in [0, 0.1) is 18.7 Å². The first kappa shape index (κ1) is 39.8. The van der Waals surface area contributed by atoms with E-state index in [1.165, 1.54) is 6.92 Å². The molecule has 1 aliphatic rings. The number of nitrogens with one attached hydrogen (secondary N) is 1. The molecule has 16 heteroatoms. The average Bonchev–Trinajstić information content (AvgIpc) is 3.03. The lowest BCUT2D eigenvalue weighted by Crippen LogP contribution is -2.54. The van der Waals surface area contributed by atoms with Gasteiger partial charge in [-0.15, -0.1) is 12.8 Å². The number of sulfonamides is 1. The molecular formula is C32H33F7N2O6S. The third-order valence-electron chi connectivity index (χ3n) is 7.08. The minimum Gasteiger partial charge on any atom is -0.496 e. The monoisotopic (exact) mass is 706 g/mol.